The summed E-state index contributed by atoms with van der Waals surface area (Å²) in [5, 5.41) is 12.1. The van der Waals surface area contributed by atoms with Crippen molar-refractivity contribution < 1.29 is 24.2 Å². The fourth-order valence-electron chi connectivity index (χ4n) is 6.24. The molecule has 1 N–H and O–H groups in total. The Morgan fingerprint density at radius 3 is 2.52 bits per heavy atom. The number of anilines is 2. The number of aliphatic carboxylic acids is 1. The lowest BCUT2D eigenvalue weighted by Crippen LogP contribution is -2.42. The van der Waals surface area contributed by atoms with Crippen LogP contribution in [0.4, 0.5) is 10.9 Å². The minimum atomic E-state index is -0.991. The van der Waals surface area contributed by atoms with Crippen LogP contribution in [0.15, 0.2) is 48.0 Å². The van der Waals surface area contributed by atoms with Gasteiger partial charge in [-0.15, -0.1) is 11.3 Å². The second kappa shape index (κ2) is 11.5. The monoisotopic (exact) mass is 560 g/mol. The van der Waals surface area contributed by atoms with Crippen LogP contribution in [0.25, 0.3) is 22.4 Å². The Labute approximate surface area is 236 Å². The summed E-state index contributed by atoms with van der Waals surface area (Å²) in [5.41, 5.74) is 3.48. The van der Waals surface area contributed by atoms with Gasteiger partial charge in [0.05, 0.1) is 37.3 Å². The van der Waals surface area contributed by atoms with E-state index >= 15 is 0 Å². The molecule has 3 fully saturated rings. The molecule has 1 aromatic carbocycles. The standard InChI is InChI=1S/C30H32N4O5S/c35-26-10-5-13-33(26)25-12-11-20(17-31-25)21-8-3-4-9-22(21)24-18-40-30(32-24)34-14-15-39-28(19-6-1-2-7-19)23(29(34)38)16-27(36)37/h3-4,8-9,11-12,17-19,23,28H,1-2,5-7,10,13-16H2,(H,36,37). The Morgan fingerprint density at radius 2 is 1.82 bits per heavy atom. The van der Waals surface area contributed by atoms with Crippen LogP contribution < -0.4 is 9.80 Å². The molecule has 6 rings (SSSR count). The van der Waals surface area contributed by atoms with Gasteiger partial charge in [0, 0.05) is 35.7 Å². The number of carboxylic acid groups (broad SMARTS) is 1. The molecule has 2 saturated heterocycles. The van der Waals surface area contributed by atoms with Crippen LogP contribution in [0.5, 0.6) is 0 Å². The summed E-state index contributed by atoms with van der Waals surface area (Å²) in [6.07, 6.45) is 6.68. The number of carboxylic acids is 1. The van der Waals surface area contributed by atoms with Gasteiger partial charge in [-0.1, -0.05) is 37.1 Å². The number of aromatic nitrogens is 2. The maximum absolute atomic E-state index is 13.8. The summed E-state index contributed by atoms with van der Waals surface area (Å²) in [7, 11) is 0. The van der Waals surface area contributed by atoms with Crippen LogP contribution in [0, 0.1) is 11.8 Å². The molecule has 3 aliphatic rings. The van der Waals surface area contributed by atoms with E-state index in [1.54, 1.807) is 16.0 Å². The van der Waals surface area contributed by atoms with Gasteiger partial charge in [0.15, 0.2) is 5.13 Å². The molecule has 9 nitrogen and oxygen atoms in total. The minimum absolute atomic E-state index is 0.101. The van der Waals surface area contributed by atoms with E-state index in [1.807, 2.05) is 41.8 Å². The van der Waals surface area contributed by atoms with Gasteiger partial charge in [-0.3, -0.25) is 24.2 Å². The lowest BCUT2D eigenvalue weighted by Gasteiger charge is -2.28. The van der Waals surface area contributed by atoms with Gasteiger partial charge in [0.2, 0.25) is 11.8 Å². The molecule has 1 saturated carbocycles. The molecule has 1 aliphatic carbocycles. The van der Waals surface area contributed by atoms with Crippen molar-refractivity contribution in [3.8, 4) is 22.4 Å². The van der Waals surface area contributed by atoms with Crippen molar-refractivity contribution in [1.29, 1.82) is 0 Å². The lowest BCUT2D eigenvalue weighted by molar-refractivity contribution is -0.144. The highest BCUT2D eigenvalue weighted by atomic mass is 32.1. The van der Waals surface area contributed by atoms with Crippen molar-refractivity contribution >= 4 is 40.1 Å². The number of amides is 2. The molecule has 2 unspecified atom stereocenters. The first kappa shape index (κ1) is 26.6. The molecule has 208 valence electrons. The molecule has 2 atom stereocenters. The van der Waals surface area contributed by atoms with Crippen LogP contribution >= 0.6 is 11.3 Å². The number of ether oxygens (including phenoxy) is 1. The molecule has 0 spiro atoms. The summed E-state index contributed by atoms with van der Waals surface area (Å²) in [5.74, 6) is -0.959. The predicted molar refractivity (Wildman–Crippen MR) is 152 cm³/mol. The predicted octanol–water partition coefficient (Wildman–Crippen LogP) is 5.01. The highest BCUT2D eigenvalue weighted by Gasteiger charge is 2.42. The molecule has 0 radical (unpaired) electrons. The molecule has 2 aromatic heterocycles. The zero-order valence-electron chi connectivity index (χ0n) is 22.2. The highest BCUT2D eigenvalue weighted by molar-refractivity contribution is 7.14. The van der Waals surface area contributed by atoms with Gasteiger partial charge in [-0.2, -0.15) is 0 Å². The second-order valence-corrected chi connectivity index (χ2v) is 11.5. The van der Waals surface area contributed by atoms with E-state index in [2.05, 4.69) is 4.98 Å². The van der Waals surface area contributed by atoms with Crippen molar-refractivity contribution in [2.24, 2.45) is 11.8 Å². The summed E-state index contributed by atoms with van der Waals surface area (Å²) in [4.78, 5) is 50.4. The fraction of sp³-hybridized carbons (Fsp3) is 0.433. The normalized spacial score (nSPS) is 22.2. The van der Waals surface area contributed by atoms with E-state index in [0.717, 1.165) is 54.5 Å². The number of carbonyl (C=O) groups is 3. The number of thiazole rings is 1. The maximum atomic E-state index is 13.8. The van der Waals surface area contributed by atoms with Gasteiger partial charge in [0.25, 0.3) is 0 Å². The van der Waals surface area contributed by atoms with E-state index in [1.165, 1.54) is 11.3 Å². The van der Waals surface area contributed by atoms with Crippen LogP contribution in [-0.4, -0.2) is 58.7 Å². The van der Waals surface area contributed by atoms with Gasteiger partial charge in [-0.25, -0.2) is 9.97 Å². The zero-order chi connectivity index (χ0) is 27.6. The van der Waals surface area contributed by atoms with Gasteiger partial charge in [0.1, 0.15) is 5.82 Å². The largest absolute Gasteiger partial charge is 0.481 e. The summed E-state index contributed by atoms with van der Waals surface area (Å²) < 4.78 is 6.16. The number of hydrogen-bond donors (Lipinski definition) is 1. The SMILES string of the molecule is O=C(O)CC1C(=O)N(c2nc(-c3ccccc3-c3ccc(N4CCCC4=O)nc3)cs2)CCOC1C1CCCC1. The third-order valence-electron chi connectivity index (χ3n) is 8.20. The van der Waals surface area contributed by atoms with Crippen molar-refractivity contribution in [3.63, 3.8) is 0 Å². The number of pyridine rings is 1. The number of carbonyl (C=O) groups excluding carboxylic acids is 2. The Bertz CT molecular complexity index is 1400. The second-order valence-electron chi connectivity index (χ2n) is 10.7. The first-order valence-electron chi connectivity index (χ1n) is 14.0. The third-order valence-corrected chi connectivity index (χ3v) is 9.06. The molecule has 0 bridgehead atoms. The van der Waals surface area contributed by atoms with Crippen molar-refractivity contribution in [1.82, 2.24) is 9.97 Å². The summed E-state index contributed by atoms with van der Waals surface area (Å²) in [6.45, 7) is 1.39. The van der Waals surface area contributed by atoms with Crippen LogP contribution in [-0.2, 0) is 19.1 Å². The topological polar surface area (TPSA) is 113 Å². The van der Waals surface area contributed by atoms with Crippen LogP contribution in [0.2, 0.25) is 0 Å². The molecular formula is C30H32N4O5S. The van der Waals surface area contributed by atoms with Crippen LogP contribution in [0.1, 0.15) is 44.9 Å². The first-order valence-corrected chi connectivity index (χ1v) is 14.8. The molecule has 10 heteroatoms. The Kier molecular flexibility index (Phi) is 7.62. The number of hydrogen-bond acceptors (Lipinski definition) is 7. The number of rotatable bonds is 7. The van der Waals surface area contributed by atoms with Crippen molar-refractivity contribution in [3.05, 3.63) is 48.0 Å². The van der Waals surface area contributed by atoms with Crippen LogP contribution in [0.3, 0.4) is 0 Å². The average molecular weight is 561 g/mol. The quantitative estimate of drug-likeness (QED) is 0.432. The zero-order valence-corrected chi connectivity index (χ0v) is 23.0. The lowest BCUT2D eigenvalue weighted by atomic mass is 9.86. The minimum Gasteiger partial charge on any atom is -0.481 e. The molecule has 2 aliphatic heterocycles. The van der Waals surface area contributed by atoms with E-state index in [0.29, 0.717) is 37.1 Å². The Hall–Kier alpha value is -3.63. The van der Waals surface area contributed by atoms with Gasteiger partial charge >= 0.3 is 5.97 Å². The van der Waals surface area contributed by atoms with E-state index < -0.39 is 11.9 Å². The van der Waals surface area contributed by atoms with E-state index in [-0.39, 0.29) is 30.3 Å². The summed E-state index contributed by atoms with van der Waals surface area (Å²) in [6, 6.07) is 11.7. The highest BCUT2D eigenvalue weighted by Crippen LogP contribution is 2.39. The van der Waals surface area contributed by atoms with Crippen molar-refractivity contribution in [2.75, 3.05) is 29.5 Å². The molecule has 4 heterocycles. The van der Waals surface area contributed by atoms with E-state index in [4.69, 9.17) is 9.72 Å². The Morgan fingerprint density at radius 1 is 1.02 bits per heavy atom. The van der Waals surface area contributed by atoms with E-state index in [9.17, 15) is 19.5 Å². The number of benzene rings is 1. The smallest absolute Gasteiger partial charge is 0.304 e. The average Bonchev–Trinajstić information content (AvgIpc) is 3.73. The molecule has 40 heavy (non-hydrogen) atoms. The maximum Gasteiger partial charge on any atom is 0.304 e. The third kappa shape index (κ3) is 5.25. The first-order chi connectivity index (χ1) is 19.5. The molecular weight excluding hydrogens is 528 g/mol. The number of nitrogens with zero attached hydrogens (tertiary/aromatic N) is 4. The Balaban J connectivity index is 1.27. The van der Waals surface area contributed by atoms with Gasteiger partial charge < -0.3 is 9.84 Å². The van der Waals surface area contributed by atoms with Gasteiger partial charge in [-0.05, 0) is 42.9 Å². The fourth-order valence-corrected chi connectivity index (χ4v) is 7.10. The summed E-state index contributed by atoms with van der Waals surface area (Å²) >= 11 is 1.37. The molecule has 3 aromatic rings. The molecule has 2 amide bonds. The van der Waals surface area contributed by atoms with Crippen molar-refractivity contribution in [2.45, 2.75) is 51.0 Å².